The van der Waals surface area contributed by atoms with Gasteiger partial charge in [0.2, 0.25) is 0 Å². The van der Waals surface area contributed by atoms with Crippen LogP contribution in [0.5, 0.6) is 0 Å². The summed E-state index contributed by atoms with van der Waals surface area (Å²) >= 11 is 0. The van der Waals surface area contributed by atoms with Crippen LogP contribution in [0, 0.1) is 5.41 Å². The van der Waals surface area contributed by atoms with Crippen LogP contribution in [0.4, 0.5) is 0 Å². The van der Waals surface area contributed by atoms with Gasteiger partial charge in [-0.3, -0.25) is 4.52 Å². The highest BCUT2D eigenvalue weighted by atomic mass is 31.2. The fraction of sp³-hybridized carbons (Fsp3) is 0.312. The monoisotopic (exact) mass is 321 g/mol. The Labute approximate surface area is 129 Å². The summed E-state index contributed by atoms with van der Waals surface area (Å²) < 4.78 is 15.3. The number of phosphoric acid groups is 1. The number of fused-ring (bicyclic) bond motifs is 1. The van der Waals surface area contributed by atoms with E-state index in [0.29, 0.717) is 12.1 Å². The second-order valence-electron chi connectivity index (χ2n) is 5.12. The fourth-order valence-corrected chi connectivity index (χ4v) is 2.83. The third-order valence-electron chi connectivity index (χ3n) is 3.47. The minimum absolute atomic E-state index is 0.0416. The number of benzene rings is 2. The molecule has 0 aromatic heterocycles. The van der Waals surface area contributed by atoms with E-state index in [1.807, 2.05) is 43.3 Å². The van der Waals surface area contributed by atoms with Crippen molar-refractivity contribution >= 4 is 24.3 Å². The molecule has 0 aliphatic carbocycles. The molecular formula is C16H20NO4P. The highest BCUT2D eigenvalue weighted by molar-refractivity contribution is 7.46. The molecule has 3 N–H and O–H groups in total. The first-order chi connectivity index (χ1) is 10.4. The van der Waals surface area contributed by atoms with Gasteiger partial charge < -0.3 is 15.2 Å². The summed E-state index contributed by atoms with van der Waals surface area (Å²) in [5.74, 6) is 0. The molecule has 0 radical (unpaired) electrons. The lowest BCUT2D eigenvalue weighted by atomic mass is 9.94. The van der Waals surface area contributed by atoms with Gasteiger partial charge in [-0.05, 0) is 29.2 Å². The summed E-state index contributed by atoms with van der Waals surface area (Å²) in [4.78, 5) is 17.5. The first-order valence-corrected chi connectivity index (χ1v) is 8.74. The number of rotatable bonds is 7. The van der Waals surface area contributed by atoms with Crippen LogP contribution in [-0.4, -0.2) is 22.1 Å². The molecule has 5 nitrogen and oxygen atoms in total. The maximum atomic E-state index is 10.7. The molecule has 6 heteroatoms. The van der Waals surface area contributed by atoms with E-state index >= 15 is 0 Å². The Kier molecular flexibility index (Phi) is 5.48. The largest absolute Gasteiger partial charge is 0.469 e. The van der Waals surface area contributed by atoms with Gasteiger partial charge in [-0.25, -0.2) is 4.57 Å². The van der Waals surface area contributed by atoms with Crippen molar-refractivity contribution in [3.63, 3.8) is 0 Å². The van der Waals surface area contributed by atoms with Crippen molar-refractivity contribution in [3.8, 4) is 0 Å². The average Bonchev–Trinajstić information content (AvgIpc) is 2.46. The summed E-state index contributed by atoms with van der Waals surface area (Å²) in [5.41, 5.74) is 2.48. The van der Waals surface area contributed by atoms with E-state index in [0.717, 1.165) is 34.7 Å². The lowest BCUT2D eigenvalue weighted by Gasteiger charge is -2.12. The van der Waals surface area contributed by atoms with Crippen molar-refractivity contribution in [2.45, 2.75) is 26.2 Å². The Balaban J connectivity index is 2.32. The van der Waals surface area contributed by atoms with Crippen LogP contribution in [0.15, 0.2) is 36.4 Å². The van der Waals surface area contributed by atoms with Crippen molar-refractivity contribution in [2.75, 3.05) is 6.61 Å². The van der Waals surface area contributed by atoms with Gasteiger partial charge in [0.05, 0.1) is 6.61 Å². The molecule has 0 atom stereocenters. The van der Waals surface area contributed by atoms with Crippen LogP contribution in [-0.2, 0) is 15.5 Å². The van der Waals surface area contributed by atoms with Gasteiger partial charge >= 0.3 is 7.82 Å². The van der Waals surface area contributed by atoms with Crippen molar-refractivity contribution in [2.24, 2.45) is 0 Å². The summed E-state index contributed by atoms with van der Waals surface area (Å²) in [6, 6.07) is 11.6. The predicted molar refractivity (Wildman–Crippen MR) is 87.4 cm³/mol. The lowest BCUT2D eigenvalue weighted by Crippen LogP contribution is -2.02. The van der Waals surface area contributed by atoms with Gasteiger partial charge in [-0.15, -0.1) is 0 Å². The molecule has 22 heavy (non-hydrogen) atoms. The van der Waals surface area contributed by atoms with Crippen molar-refractivity contribution in [3.05, 3.63) is 47.5 Å². The highest BCUT2D eigenvalue weighted by Crippen LogP contribution is 2.36. The van der Waals surface area contributed by atoms with E-state index in [9.17, 15) is 4.57 Å². The molecule has 0 amide bonds. The Morgan fingerprint density at radius 3 is 2.50 bits per heavy atom. The minimum atomic E-state index is -4.43. The molecule has 2 aromatic rings. The van der Waals surface area contributed by atoms with Gasteiger partial charge in [0.15, 0.2) is 0 Å². The molecule has 0 unspecified atom stereocenters. The van der Waals surface area contributed by atoms with Gasteiger partial charge in [0.25, 0.3) is 0 Å². The van der Waals surface area contributed by atoms with E-state index < -0.39 is 7.82 Å². The molecular weight excluding hydrogens is 301 g/mol. The van der Waals surface area contributed by atoms with E-state index in [2.05, 4.69) is 4.52 Å². The van der Waals surface area contributed by atoms with Crippen LogP contribution < -0.4 is 0 Å². The summed E-state index contributed by atoms with van der Waals surface area (Å²) in [7, 11) is -4.43. The molecule has 0 aliphatic rings. The molecule has 0 spiro atoms. The van der Waals surface area contributed by atoms with Crippen molar-refractivity contribution in [1.82, 2.24) is 0 Å². The third kappa shape index (κ3) is 4.24. The Bertz CT molecular complexity index is 723. The Morgan fingerprint density at radius 2 is 1.86 bits per heavy atom. The normalized spacial score (nSPS) is 11.8. The van der Waals surface area contributed by atoms with Crippen LogP contribution in [0.2, 0.25) is 0 Å². The Morgan fingerprint density at radius 1 is 1.18 bits per heavy atom. The number of hydrogen-bond donors (Lipinski definition) is 3. The zero-order valence-electron chi connectivity index (χ0n) is 12.5. The molecule has 2 aromatic carbocycles. The van der Waals surface area contributed by atoms with Gasteiger partial charge in [-0.1, -0.05) is 49.7 Å². The quantitative estimate of drug-likeness (QED) is 0.536. The SMILES string of the molecule is CCCC(=N)c1ccc(CCOP(=O)(O)O)c2ccccc12. The van der Waals surface area contributed by atoms with E-state index in [1.54, 1.807) is 0 Å². The molecule has 0 heterocycles. The standard InChI is InChI=1S/C16H20NO4P/c1-2-5-16(17)15-9-8-12(10-11-21-22(18,19)20)13-6-3-4-7-14(13)15/h3-4,6-9,17H,2,5,10-11H2,1H3,(H2,18,19,20). The highest BCUT2D eigenvalue weighted by Gasteiger charge is 2.14. The molecule has 0 aliphatic heterocycles. The summed E-state index contributed by atoms with van der Waals surface area (Å²) in [5, 5.41) is 10.2. The van der Waals surface area contributed by atoms with Gasteiger partial charge in [-0.2, -0.15) is 0 Å². The van der Waals surface area contributed by atoms with Crippen LogP contribution in [0.25, 0.3) is 10.8 Å². The molecule has 2 rings (SSSR count). The first-order valence-electron chi connectivity index (χ1n) is 7.21. The van der Waals surface area contributed by atoms with Crippen LogP contribution >= 0.6 is 7.82 Å². The molecule has 0 saturated heterocycles. The zero-order valence-corrected chi connectivity index (χ0v) is 13.3. The average molecular weight is 321 g/mol. The fourth-order valence-electron chi connectivity index (χ4n) is 2.50. The maximum absolute atomic E-state index is 10.7. The number of phosphoric ester groups is 1. The third-order valence-corrected chi connectivity index (χ3v) is 3.99. The molecule has 0 saturated carbocycles. The number of hydrogen-bond acceptors (Lipinski definition) is 3. The minimum Gasteiger partial charge on any atom is -0.305 e. The Hall–Kier alpha value is -1.52. The maximum Gasteiger partial charge on any atom is 0.469 e. The summed E-state index contributed by atoms with van der Waals surface area (Å²) in [6.07, 6.45) is 2.06. The van der Waals surface area contributed by atoms with Gasteiger partial charge in [0.1, 0.15) is 0 Å². The first kappa shape index (κ1) is 16.8. The van der Waals surface area contributed by atoms with Crippen molar-refractivity contribution in [1.29, 1.82) is 5.41 Å². The lowest BCUT2D eigenvalue weighted by molar-refractivity contribution is 0.199. The summed E-state index contributed by atoms with van der Waals surface area (Å²) in [6.45, 7) is 2.00. The van der Waals surface area contributed by atoms with Crippen LogP contribution in [0.1, 0.15) is 30.9 Å². The van der Waals surface area contributed by atoms with E-state index in [4.69, 9.17) is 15.2 Å². The van der Waals surface area contributed by atoms with E-state index in [1.165, 1.54) is 0 Å². The topological polar surface area (TPSA) is 90.6 Å². The molecule has 118 valence electrons. The van der Waals surface area contributed by atoms with Gasteiger partial charge in [0, 0.05) is 11.3 Å². The molecule has 0 bridgehead atoms. The zero-order chi connectivity index (χ0) is 16.2. The smallest absolute Gasteiger partial charge is 0.305 e. The second kappa shape index (κ2) is 7.16. The molecule has 0 fully saturated rings. The number of nitrogens with one attached hydrogen (secondary N) is 1. The van der Waals surface area contributed by atoms with E-state index in [-0.39, 0.29) is 6.61 Å². The van der Waals surface area contributed by atoms with Crippen LogP contribution in [0.3, 0.4) is 0 Å². The second-order valence-corrected chi connectivity index (χ2v) is 6.36. The predicted octanol–water partition coefficient (Wildman–Crippen LogP) is 3.66. The van der Waals surface area contributed by atoms with Crippen molar-refractivity contribution < 1.29 is 18.9 Å².